The highest BCUT2D eigenvalue weighted by molar-refractivity contribution is 4.93. The van der Waals surface area contributed by atoms with E-state index in [1.54, 1.807) is 6.92 Å². The molecule has 0 aliphatic carbocycles. The van der Waals surface area contributed by atoms with E-state index in [0.717, 1.165) is 0 Å². The van der Waals surface area contributed by atoms with Gasteiger partial charge < -0.3 is 10.5 Å². The molecule has 1 heterocycles. The smallest absolute Gasteiger partial charge is 0.364 e. The van der Waals surface area contributed by atoms with Crippen LogP contribution in [-0.4, -0.2) is 28.0 Å². The number of nitrogens with zero attached hydrogens (tertiary/aromatic N) is 2. The van der Waals surface area contributed by atoms with Crippen molar-refractivity contribution in [2.45, 2.75) is 25.7 Å². The van der Waals surface area contributed by atoms with Gasteiger partial charge in [0.15, 0.2) is 11.6 Å². The first-order valence-corrected chi connectivity index (χ1v) is 4.20. The van der Waals surface area contributed by atoms with Crippen LogP contribution in [0.25, 0.3) is 0 Å². The van der Waals surface area contributed by atoms with E-state index in [1.165, 1.54) is 0 Å². The number of hydrogen-bond acceptors (Lipinski definition) is 4. The minimum atomic E-state index is -4.33. The first-order chi connectivity index (χ1) is 6.88. The molecule has 0 aromatic carbocycles. The summed E-state index contributed by atoms with van der Waals surface area (Å²) in [6.45, 7) is 0.101. The van der Waals surface area contributed by atoms with Crippen molar-refractivity contribution in [1.82, 2.24) is 15.2 Å². The number of aromatic amines is 1. The SMILES string of the molecule is CC(N)c1n[nH]c(COCC(F)(F)F)n1. The lowest BCUT2D eigenvalue weighted by atomic mass is 10.3. The summed E-state index contributed by atoms with van der Waals surface area (Å²) in [6.07, 6.45) is -4.33. The third-order valence-corrected chi connectivity index (χ3v) is 1.46. The molecule has 1 aromatic heterocycles. The molecule has 8 heteroatoms. The van der Waals surface area contributed by atoms with Gasteiger partial charge in [-0.2, -0.15) is 18.3 Å². The zero-order chi connectivity index (χ0) is 11.5. The number of nitrogens with two attached hydrogens (primary N) is 1. The Morgan fingerprint density at radius 1 is 1.53 bits per heavy atom. The van der Waals surface area contributed by atoms with Crippen molar-refractivity contribution in [3.05, 3.63) is 11.6 Å². The lowest BCUT2D eigenvalue weighted by molar-refractivity contribution is -0.177. The van der Waals surface area contributed by atoms with E-state index in [9.17, 15) is 13.2 Å². The summed E-state index contributed by atoms with van der Waals surface area (Å²) in [5.41, 5.74) is 5.46. The summed E-state index contributed by atoms with van der Waals surface area (Å²) in [4.78, 5) is 3.85. The Bertz CT molecular complexity index is 309. The zero-order valence-electron chi connectivity index (χ0n) is 8.01. The number of alkyl halides is 3. The van der Waals surface area contributed by atoms with Crippen LogP contribution in [0.1, 0.15) is 24.6 Å². The van der Waals surface area contributed by atoms with Crippen LogP contribution >= 0.6 is 0 Å². The van der Waals surface area contributed by atoms with E-state index in [0.29, 0.717) is 5.82 Å². The van der Waals surface area contributed by atoms with Gasteiger partial charge in [-0.25, -0.2) is 4.98 Å². The summed E-state index contributed by atoms with van der Waals surface area (Å²) in [6, 6.07) is -0.363. The van der Waals surface area contributed by atoms with Gasteiger partial charge in [-0.05, 0) is 6.92 Å². The van der Waals surface area contributed by atoms with Crippen molar-refractivity contribution in [2.24, 2.45) is 5.73 Å². The Hall–Kier alpha value is -1.15. The van der Waals surface area contributed by atoms with Gasteiger partial charge in [0.1, 0.15) is 13.2 Å². The molecule has 1 rings (SSSR count). The van der Waals surface area contributed by atoms with Crippen LogP contribution in [0.5, 0.6) is 0 Å². The number of aromatic nitrogens is 3. The fourth-order valence-electron chi connectivity index (χ4n) is 0.842. The molecule has 0 aliphatic rings. The third kappa shape index (κ3) is 4.26. The lowest BCUT2D eigenvalue weighted by Crippen LogP contribution is -2.17. The number of ether oxygens (including phenoxy) is 1. The summed E-state index contributed by atoms with van der Waals surface area (Å²) in [5, 5.41) is 6.15. The number of hydrogen-bond donors (Lipinski definition) is 2. The van der Waals surface area contributed by atoms with Crippen molar-refractivity contribution in [3.63, 3.8) is 0 Å². The Morgan fingerprint density at radius 3 is 2.67 bits per heavy atom. The van der Waals surface area contributed by atoms with Crippen LogP contribution in [0, 0.1) is 0 Å². The minimum Gasteiger partial charge on any atom is -0.364 e. The van der Waals surface area contributed by atoms with Crippen LogP contribution in [-0.2, 0) is 11.3 Å². The fraction of sp³-hybridized carbons (Fsp3) is 0.714. The molecule has 1 unspecified atom stereocenters. The largest absolute Gasteiger partial charge is 0.411 e. The van der Waals surface area contributed by atoms with Crippen molar-refractivity contribution < 1.29 is 17.9 Å². The van der Waals surface area contributed by atoms with Crippen molar-refractivity contribution in [3.8, 4) is 0 Å². The highest BCUT2D eigenvalue weighted by Gasteiger charge is 2.27. The van der Waals surface area contributed by atoms with Gasteiger partial charge in [-0.3, -0.25) is 5.10 Å². The van der Waals surface area contributed by atoms with Crippen LogP contribution in [0.3, 0.4) is 0 Å². The number of halogens is 3. The maximum absolute atomic E-state index is 11.7. The maximum Gasteiger partial charge on any atom is 0.411 e. The maximum atomic E-state index is 11.7. The number of rotatable bonds is 4. The second-order valence-corrected chi connectivity index (χ2v) is 3.04. The second kappa shape index (κ2) is 4.58. The monoisotopic (exact) mass is 224 g/mol. The molecule has 0 fully saturated rings. The first kappa shape index (κ1) is 11.9. The van der Waals surface area contributed by atoms with E-state index in [1.807, 2.05) is 0 Å². The Labute approximate surface area is 83.8 Å². The van der Waals surface area contributed by atoms with Crippen molar-refractivity contribution in [1.29, 1.82) is 0 Å². The molecule has 86 valence electrons. The van der Waals surface area contributed by atoms with Crippen molar-refractivity contribution >= 4 is 0 Å². The van der Waals surface area contributed by atoms with Gasteiger partial charge in [-0.1, -0.05) is 0 Å². The van der Waals surface area contributed by atoms with Crippen LogP contribution in [0.15, 0.2) is 0 Å². The Balaban J connectivity index is 2.38. The molecule has 5 nitrogen and oxygen atoms in total. The molecule has 0 amide bonds. The number of nitrogens with one attached hydrogen (secondary N) is 1. The standard InChI is InChI=1S/C7H11F3N4O/c1-4(11)6-12-5(13-14-6)2-15-3-7(8,9)10/h4H,2-3,11H2,1H3,(H,12,13,14). The molecular formula is C7H11F3N4O. The Kier molecular flexibility index (Phi) is 3.64. The average molecular weight is 224 g/mol. The lowest BCUT2D eigenvalue weighted by Gasteiger charge is -2.05. The average Bonchev–Trinajstić information content (AvgIpc) is 2.50. The molecule has 1 aromatic rings. The van der Waals surface area contributed by atoms with E-state index in [-0.39, 0.29) is 18.5 Å². The molecule has 0 radical (unpaired) electrons. The molecule has 1 atom stereocenters. The van der Waals surface area contributed by atoms with Crippen LogP contribution in [0.2, 0.25) is 0 Å². The summed E-state index contributed by atoms with van der Waals surface area (Å²) >= 11 is 0. The Morgan fingerprint density at radius 2 is 2.20 bits per heavy atom. The predicted octanol–water partition coefficient (Wildman–Crippen LogP) is 0.903. The van der Waals surface area contributed by atoms with Crippen molar-refractivity contribution in [2.75, 3.05) is 6.61 Å². The summed E-state index contributed by atoms with van der Waals surface area (Å²) < 4.78 is 39.5. The zero-order valence-corrected chi connectivity index (χ0v) is 8.01. The molecule has 0 spiro atoms. The van der Waals surface area contributed by atoms with Crippen LogP contribution in [0.4, 0.5) is 13.2 Å². The predicted molar refractivity (Wildman–Crippen MR) is 44.7 cm³/mol. The normalized spacial score (nSPS) is 14.2. The van der Waals surface area contributed by atoms with E-state index in [2.05, 4.69) is 19.9 Å². The van der Waals surface area contributed by atoms with Gasteiger partial charge >= 0.3 is 6.18 Å². The molecule has 0 saturated carbocycles. The van der Waals surface area contributed by atoms with Gasteiger partial charge in [-0.15, -0.1) is 0 Å². The number of H-pyrrole nitrogens is 1. The summed E-state index contributed by atoms with van der Waals surface area (Å²) in [7, 11) is 0. The third-order valence-electron chi connectivity index (χ3n) is 1.46. The summed E-state index contributed by atoms with van der Waals surface area (Å²) in [5.74, 6) is 0.576. The van der Waals surface area contributed by atoms with E-state index < -0.39 is 12.8 Å². The highest BCUT2D eigenvalue weighted by atomic mass is 19.4. The molecular weight excluding hydrogens is 213 g/mol. The fourth-order valence-corrected chi connectivity index (χ4v) is 0.842. The quantitative estimate of drug-likeness (QED) is 0.796. The van der Waals surface area contributed by atoms with Gasteiger partial charge in [0.2, 0.25) is 0 Å². The van der Waals surface area contributed by atoms with Gasteiger partial charge in [0.25, 0.3) is 0 Å². The molecule has 0 bridgehead atoms. The van der Waals surface area contributed by atoms with Gasteiger partial charge in [0.05, 0.1) is 6.04 Å². The molecule has 0 aliphatic heterocycles. The minimum absolute atomic E-state index is 0.228. The molecule has 3 N–H and O–H groups in total. The second-order valence-electron chi connectivity index (χ2n) is 3.04. The van der Waals surface area contributed by atoms with Gasteiger partial charge in [0, 0.05) is 0 Å². The highest BCUT2D eigenvalue weighted by Crippen LogP contribution is 2.15. The first-order valence-electron chi connectivity index (χ1n) is 4.20. The van der Waals surface area contributed by atoms with E-state index in [4.69, 9.17) is 5.73 Å². The topological polar surface area (TPSA) is 76.8 Å². The van der Waals surface area contributed by atoms with Crippen LogP contribution < -0.4 is 5.73 Å². The molecule has 0 saturated heterocycles. The molecule has 15 heavy (non-hydrogen) atoms. The van der Waals surface area contributed by atoms with E-state index >= 15 is 0 Å².